The Hall–Kier alpha value is -1.89. The van der Waals surface area contributed by atoms with Crippen molar-refractivity contribution in [3.05, 3.63) is 16.9 Å². The zero-order valence-electron chi connectivity index (χ0n) is 11.7. The number of aromatic amines is 1. The number of anilines is 1. The quantitative estimate of drug-likeness (QED) is 0.943. The minimum atomic E-state index is -0.559. The van der Waals surface area contributed by atoms with E-state index >= 15 is 0 Å². The van der Waals surface area contributed by atoms with Gasteiger partial charge in [0.05, 0.1) is 22.8 Å². The lowest BCUT2D eigenvalue weighted by molar-refractivity contribution is 0.304. The molecule has 0 radical (unpaired) electrons. The van der Waals surface area contributed by atoms with Gasteiger partial charge >= 0.3 is 0 Å². The molecule has 0 amide bonds. The molecule has 1 aromatic heterocycles. The second-order valence-corrected chi connectivity index (χ2v) is 5.73. The third-order valence-corrected chi connectivity index (χ3v) is 3.52. The molecule has 0 aliphatic carbocycles. The van der Waals surface area contributed by atoms with Crippen LogP contribution in [0.25, 0.3) is 11.4 Å². The summed E-state index contributed by atoms with van der Waals surface area (Å²) in [6, 6.07) is 1.50. The minimum Gasteiger partial charge on any atom is -0.489 e. The normalized spacial score (nSPS) is 14.2. The van der Waals surface area contributed by atoms with E-state index < -0.39 is 5.82 Å². The largest absolute Gasteiger partial charge is 0.489 e. The van der Waals surface area contributed by atoms with Gasteiger partial charge in [-0.15, -0.1) is 10.2 Å². The predicted molar refractivity (Wildman–Crippen MR) is 77.1 cm³/mol. The Balaban J connectivity index is 2.20. The topological polar surface area (TPSA) is 66.9 Å². The zero-order chi connectivity index (χ0) is 15.0. The molecule has 0 unspecified atom stereocenters. The first-order chi connectivity index (χ1) is 10.1. The van der Waals surface area contributed by atoms with Gasteiger partial charge < -0.3 is 9.64 Å². The molecule has 0 bridgehead atoms. The molecule has 1 aliphatic rings. The Bertz CT molecular complexity index is 647. The van der Waals surface area contributed by atoms with Gasteiger partial charge in [0, 0.05) is 12.6 Å². The van der Waals surface area contributed by atoms with Gasteiger partial charge in [0.15, 0.2) is 5.82 Å². The maximum absolute atomic E-state index is 14.5. The highest BCUT2D eigenvalue weighted by Gasteiger charge is 2.29. The summed E-state index contributed by atoms with van der Waals surface area (Å²) < 4.78 is 20.2. The van der Waals surface area contributed by atoms with Gasteiger partial charge in [0.2, 0.25) is 5.82 Å². The minimum absolute atomic E-state index is 0.0139. The molecule has 1 aliphatic heterocycles. The van der Waals surface area contributed by atoms with Crippen LogP contribution in [0.4, 0.5) is 10.1 Å². The summed E-state index contributed by atoms with van der Waals surface area (Å²) in [4.78, 5) is 2.08. The van der Waals surface area contributed by atoms with Gasteiger partial charge in [-0.05, 0) is 11.1 Å². The monoisotopic (exact) mass is 311 g/mol. The average Bonchev–Trinajstić information content (AvgIpc) is 2.94. The lowest BCUT2D eigenvalue weighted by atomic mass is 10.1. The van der Waals surface area contributed by atoms with E-state index in [-0.39, 0.29) is 16.4 Å². The lowest BCUT2D eigenvalue weighted by Gasteiger charge is -2.34. The van der Waals surface area contributed by atoms with Crippen LogP contribution in [0.3, 0.4) is 0 Å². The van der Waals surface area contributed by atoms with Gasteiger partial charge in [-0.25, -0.2) is 4.39 Å². The number of fused-ring (bicyclic) bond motifs is 1. The molecule has 0 spiro atoms. The molecule has 21 heavy (non-hydrogen) atoms. The molecule has 1 N–H and O–H groups in total. The average molecular weight is 312 g/mol. The van der Waals surface area contributed by atoms with Crippen LogP contribution in [0.2, 0.25) is 5.02 Å². The van der Waals surface area contributed by atoms with E-state index in [0.29, 0.717) is 30.5 Å². The van der Waals surface area contributed by atoms with Crippen molar-refractivity contribution in [2.75, 3.05) is 24.6 Å². The van der Waals surface area contributed by atoms with Gasteiger partial charge in [-0.1, -0.05) is 25.4 Å². The molecule has 0 atom stereocenters. The summed E-state index contributed by atoms with van der Waals surface area (Å²) >= 11 is 5.96. The van der Waals surface area contributed by atoms with Crippen molar-refractivity contribution < 1.29 is 9.13 Å². The van der Waals surface area contributed by atoms with Crippen LogP contribution in [0, 0.1) is 11.7 Å². The summed E-state index contributed by atoms with van der Waals surface area (Å²) in [5.74, 6) is 0.586. The Labute approximate surface area is 126 Å². The van der Waals surface area contributed by atoms with Crippen molar-refractivity contribution in [2.45, 2.75) is 13.8 Å². The molecule has 8 heteroatoms. The molecule has 3 rings (SSSR count). The maximum atomic E-state index is 14.5. The molecule has 0 saturated heterocycles. The van der Waals surface area contributed by atoms with Crippen molar-refractivity contribution in [2.24, 2.45) is 5.92 Å². The van der Waals surface area contributed by atoms with Crippen molar-refractivity contribution in [1.29, 1.82) is 0 Å². The van der Waals surface area contributed by atoms with E-state index in [9.17, 15) is 4.39 Å². The molecule has 2 heterocycles. The van der Waals surface area contributed by atoms with E-state index in [4.69, 9.17) is 16.3 Å². The highest BCUT2D eigenvalue weighted by molar-refractivity contribution is 6.31. The van der Waals surface area contributed by atoms with Crippen LogP contribution in [-0.4, -0.2) is 40.3 Å². The smallest absolute Gasteiger partial charge is 0.209 e. The number of hydrogen-bond acceptors (Lipinski definition) is 5. The maximum Gasteiger partial charge on any atom is 0.209 e. The number of hydrogen-bond donors (Lipinski definition) is 1. The fourth-order valence-corrected chi connectivity index (χ4v) is 2.68. The Morgan fingerprint density at radius 3 is 3.00 bits per heavy atom. The Morgan fingerprint density at radius 1 is 1.52 bits per heavy atom. The van der Waals surface area contributed by atoms with Gasteiger partial charge in [-0.3, -0.25) is 0 Å². The number of rotatable bonds is 3. The number of nitrogens with zero attached hydrogens (tertiary/aromatic N) is 4. The second kappa shape index (κ2) is 5.48. The first-order valence-electron chi connectivity index (χ1n) is 6.71. The Morgan fingerprint density at radius 2 is 2.33 bits per heavy atom. The standard InChI is InChI=1S/C13H15ClFN5O/c1-7(2)6-20-3-4-21-9-5-8(14)11(15)10(12(9)20)13-16-18-19-17-13/h5,7H,3-4,6H2,1-2H3,(H,16,17,18,19). The molecule has 0 fully saturated rings. The highest BCUT2D eigenvalue weighted by Crippen LogP contribution is 2.44. The van der Waals surface area contributed by atoms with Crippen LogP contribution in [0.1, 0.15) is 13.8 Å². The van der Waals surface area contributed by atoms with Gasteiger partial charge in [-0.2, -0.15) is 5.21 Å². The molecule has 112 valence electrons. The number of tetrazole rings is 1. The van der Waals surface area contributed by atoms with Crippen LogP contribution in [-0.2, 0) is 0 Å². The summed E-state index contributed by atoms with van der Waals surface area (Å²) in [6.07, 6.45) is 0. The van der Waals surface area contributed by atoms with Gasteiger partial charge in [0.1, 0.15) is 12.4 Å². The molecule has 2 aromatic rings. The number of H-pyrrole nitrogens is 1. The summed E-state index contributed by atoms with van der Waals surface area (Å²) in [6.45, 7) is 6.21. The van der Waals surface area contributed by atoms with Crippen LogP contribution >= 0.6 is 11.6 Å². The number of nitrogens with one attached hydrogen (secondary N) is 1. The van der Waals surface area contributed by atoms with E-state index in [1.807, 2.05) is 0 Å². The summed E-state index contributed by atoms with van der Waals surface area (Å²) in [5, 5.41) is 13.6. The molecule has 1 aromatic carbocycles. The Kier molecular flexibility index (Phi) is 3.67. The van der Waals surface area contributed by atoms with Crippen LogP contribution in [0.5, 0.6) is 5.75 Å². The first kappa shape index (κ1) is 14.1. The summed E-state index contributed by atoms with van der Waals surface area (Å²) in [5.41, 5.74) is 0.866. The van der Waals surface area contributed by atoms with E-state index in [0.717, 1.165) is 6.54 Å². The second-order valence-electron chi connectivity index (χ2n) is 5.32. The number of halogens is 2. The van der Waals surface area contributed by atoms with Crippen molar-refractivity contribution in [1.82, 2.24) is 20.6 Å². The van der Waals surface area contributed by atoms with Crippen LogP contribution < -0.4 is 9.64 Å². The van der Waals surface area contributed by atoms with Crippen molar-refractivity contribution in [3.63, 3.8) is 0 Å². The summed E-state index contributed by atoms with van der Waals surface area (Å²) in [7, 11) is 0. The predicted octanol–water partition coefficient (Wildman–Crippen LogP) is 2.51. The van der Waals surface area contributed by atoms with Crippen molar-refractivity contribution >= 4 is 17.3 Å². The number of ether oxygens (including phenoxy) is 1. The lowest BCUT2D eigenvalue weighted by Crippen LogP contribution is -2.36. The molecular weight excluding hydrogens is 297 g/mol. The highest BCUT2D eigenvalue weighted by atomic mass is 35.5. The van der Waals surface area contributed by atoms with Gasteiger partial charge in [0.25, 0.3) is 0 Å². The zero-order valence-corrected chi connectivity index (χ0v) is 12.5. The fraction of sp³-hybridized carbons (Fsp3) is 0.462. The molecular formula is C13H15ClFN5O. The fourth-order valence-electron chi connectivity index (χ4n) is 2.49. The molecule has 6 nitrogen and oxygen atoms in total. The third-order valence-electron chi connectivity index (χ3n) is 3.25. The SMILES string of the molecule is CC(C)CN1CCOc2cc(Cl)c(F)c(-c3nn[nH]n3)c21. The number of aromatic nitrogens is 4. The third kappa shape index (κ3) is 2.53. The van der Waals surface area contributed by atoms with Crippen LogP contribution in [0.15, 0.2) is 6.07 Å². The number of benzene rings is 1. The van der Waals surface area contributed by atoms with E-state index in [1.54, 1.807) is 0 Å². The first-order valence-corrected chi connectivity index (χ1v) is 7.09. The van der Waals surface area contributed by atoms with Crippen molar-refractivity contribution in [3.8, 4) is 17.1 Å². The molecule has 0 saturated carbocycles. The van der Waals surface area contributed by atoms with E-state index in [2.05, 4.69) is 39.4 Å². The van der Waals surface area contributed by atoms with E-state index in [1.165, 1.54) is 6.07 Å².